The van der Waals surface area contributed by atoms with Crippen molar-refractivity contribution in [1.82, 2.24) is 9.97 Å². The largest absolute Gasteiger partial charge is 0.382 e. The molecule has 0 spiro atoms. The lowest BCUT2D eigenvalue weighted by molar-refractivity contribution is 1.08. The summed E-state index contributed by atoms with van der Waals surface area (Å²) in [5.74, 6) is 0.810. The maximum absolute atomic E-state index is 5.55. The molecule has 0 saturated carbocycles. The Labute approximate surface area is 65.0 Å². The van der Waals surface area contributed by atoms with E-state index in [9.17, 15) is 0 Å². The molecule has 5 heteroatoms. The van der Waals surface area contributed by atoms with Gasteiger partial charge < -0.3 is 16.4 Å². The van der Waals surface area contributed by atoms with Crippen LogP contribution < -0.4 is 16.4 Å². The molecule has 4 N–H and O–H groups in total. The molecule has 1 rings (SSSR count). The van der Waals surface area contributed by atoms with Gasteiger partial charge in [0.25, 0.3) is 0 Å². The van der Waals surface area contributed by atoms with Gasteiger partial charge in [-0.3, -0.25) is 0 Å². The molecule has 60 valence electrons. The summed E-state index contributed by atoms with van der Waals surface area (Å²) in [7, 11) is 3.68. The van der Waals surface area contributed by atoms with Crippen molar-refractivity contribution < 1.29 is 0 Å². The maximum atomic E-state index is 5.55. The zero-order valence-electron chi connectivity index (χ0n) is 6.57. The molecule has 0 amide bonds. The lowest BCUT2D eigenvalue weighted by atomic mass is 10.4. The molecule has 0 unspecified atom stereocenters. The van der Waals surface area contributed by atoms with Crippen molar-refractivity contribution in [2.75, 3.05) is 30.5 Å². The number of anilines is 3. The van der Waals surface area contributed by atoms with Crippen molar-refractivity contribution in [2.24, 2.45) is 0 Å². The highest BCUT2D eigenvalue weighted by atomic mass is 15.1. The fraction of sp³-hybridized carbons (Fsp3) is 0.333. The lowest BCUT2D eigenvalue weighted by Crippen LogP contribution is -2.15. The number of rotatable bonds is 1. The predicted molar refractivity (Wildman–Crippen MR) is 45.2 cm³/mol. The van der Waals surface area contributed by atoms with Gasteiger partial charge in [-0.05, 0) is 0 Å². The summed E-state index contributed by atoms with van der Waals surface area (Å²) in [6, 6.07) is 0. The topological polar surface area (TPSA) is 81.1 Å². The van der Waals surface area contributed by atoms with Crippen LogP contribution in [0, 0.1) is 0 Å². The Kier molecular flexibility index (Phi) is 1.80. The minimum atomic E-state index is 0.405. The third-order valence-electron chi connectivity index (χ3n) is 1.33. The molecule has 0 aliphatic carbocycles. The average molecular weight is 153 g/mol. The summed E-state index contributed by atoms with van der Waals surface area (Å²) >= 11 is 0. The van der Waals surface area contributed by atoms with E-state index in [1.54, 1.807) is 4.90 Å². The molecule has 0 aliphatic heterocycles. The predicted octanol–water partition coefficient (Wildman–Crippen LogP) is -0.293. The Morgan fingerprint density at radius 3 is 1.91 bits per heavy atom. The third-order valence-corrected chi connectivity index (χ3v) is 1.33. The Morgan fingerprint density at radius 1 is 1.18 bits per heavy atom. The zero-order chi connectivity index (χ0) is 8.43. The van der Waals surface area contributed by atoms with E-state index in [1.165, 1.54) is 6.33 Å². The van der Waals surface area contributed by atoms with Crippen LogP contribution in [0.4, 0.5) is 17.3 Å². The van der Waals surface area contributed by atoms with E-state index in [0.29, 0.717) is 17.3 Å². The Balaban J connectivity index is 3.21. The van der Waals surface area contributed by atoms with E-state index in [1.807, 2.05) is 14.1 Å². The number of nitrogen functional groups attached to an aromatic ring is 2. The van der Waals surface area contributed by atoms with Crippen LogP contribution in [0.1, 0.15) is 0 Å². The van der Waals surface area contributed by atoms with E-state index in [0.717, 1.165) is 0 Å². The van der Waals surface area contributed by atoms with E-state index in [2.05, 4.69) is 9.97 Å². The van der Waals surface area contributed by atoms with Crippen molar-refractivity contribution >= 4 is 17.3 Å². The number of hydrogen-bond donors (Lipinski definition) is 2. The second-order valence-electron chi connectivity index (χ2n) is 2.39. The van der Waals surface area contributed by atoms with Gasteiger partial charge in [-0.25, -0.2) is 9.97 Å². The highest BCUT2D eigenvalue weighted by molar-refractivity contribution is 5.73. The molecule has 0 radical (unpaired) electrons. The normalized spacial score (nSPS) is 9.64. The molecule has 1 aromatic heterocycles. The van der Waals surface area contributed by atoms with Gasteiger partial charge in [-0.1, -0.05) is 0 Å². The van der Waals surface area contributed by atoms with Crippen LogP contribution in [0.5, 0.6) is 0 Å². The molecule has 0 aromatic carbocycles. The Hall–Kier alpha value is -1.52. The van der Waals surface area contributed by atoms with Crippen LogP contribution >= 0.6 is 0 Å². The molecule has 0 aliphatic rings. The number of nitrogens with two attached hydrogens (primary N) is 2. The molecule has 0 saturated heterocycles. The monoisotopic (exact) mass is 153 g/mol. The first-order valence-corrected chi connectivity index (χ1v) is 3.16. The first-order chi connectivity index (χ1) is 5.13. The Bertz CT molecular complexity index is 237. The molecule has 0 fully saturated rings. The van der Waals surface area contributed by atoms with Crippen molar-refractivity contribution in [3.8, 4) is 0 Å². The van der Waals surface area contributed by atoms with Gasteiger partial charge in [0.05, 0.1) is 0 Å². The SMILES string of the molecule is CN(C)c1c(N)ncnc1N. The Morgan fingerprint density at radius 2 is 1.64 bits per heavy atom. The van der Waals surface area contributed by atoms with Crippen LogP contribution in [0.25, 0.3) is 0 Å². The van der Waals surface area contributed by atoms with Crippen LogP contribution in [0.3, 0.4) is 0 Å². The van der Waals surface area contributed by atoms with E-state index < -0.39 is 0 Å². The van der Waals surface area contributed by atoms with Crippen molar-refractivity contribution in [2.45, 2.75) is 0 Å². The van der Waals surface area contributed by atoms with Crippen LogP contribution in [-0.2, 0) is 0 Å². The molecule has 0 bridgehead atoms. The van der Waals surface area contributed by atoms with Crippen molar-refractivity contribution in [3.05, 3.63) is 6.33 Å². The second-order valence-corrected chi connectivity index (χ2v) is 2.39. The summed E-state index contributed by atoms with van der Waals surface area (Å²) < 4.78 is 0. The highest BCUT2D eigenvalue weighted by Gasteiger charge is 2.06. The van der Waals surface area contributed by atoms with Crippen LogP contribution in [0.15, 0.2) is 6.33 Å². The summed E-state index contributed by atoms with van der Waals surface area (Å²) in [6.45, 7) is 0. The van der Waals surface area contributed by atoms with Crippen molar-refractivity contribution in [1.29, 1.82) is 0 Å². The second kappa shape index (κ2) is 2.61. The summed E-state index contributed by atoms with van der Waals surface area (Å²) in [6.07, 6.45) is 1.34. The van der Waals surface area contributed by atoms with Crippen molar-refractivity contribution in [3.63, 3.8) is 0 Å². The number of aromatic nitrogens is 2. The van der Waals surface area contributed by atoms with Gasteiger partial charge in [0.1, 0.15) is 12.0 Å². The number of hydrogen-bond acceptors (Lipinski definition) is 5. The first-order valence-electron chi connectivity index (χ1n) is 3.16. The summed E-state index contributed by atoms with van der Waals surface area (Å²) in [4.78, 5) is 9.39. The fourth-order valence-corrected chi connectivity index (χ4v) is 0.865. The smallest absolute Gasteiger partial charge is 0.152 e. The molecule has 11 heavy (non-hydrogen) atoms. The highest BCUT2D eigenvalue weighted by Crippen LogP contribution is 2.22. The molecule has 0 atom stereocenters. The minimum absolute atomic E-state index is 0.405. The van der Waals surface area contributed by atoms with Gasteiger partial charge in [-0.15, -0.1) is 0 Å². The van der Waals surface area contributed by atoms with Crippen LogP contribution in [0.2, 0.25) is 0 Å². The first kappa shape index (κ1) is 7.59. The minimum Gasteiger partial charge on any atom is -0.382 e. The van der Waals surface area contributed by atoms with Gasteiger partial charge >= 0.3 is 0 Å². The molecule has 5 nitrogen and oxygen atoms in total. The van der Waals surface area contributed by atoms with Gasteiger partial charge in [0.15, 0.2) is 11.6 Å². The summed E-state index contributed by atoms with van der Waals surface area (Å²) in [5, 5.41) is 0. The fourth-order valence-electron chi connectivity index (χ4n) is 0.865. The average Bonchev–Trinajstić information content (AvgIpc) is 1.85. The third kappa shape index (κ3) is 1.31. The lowest BCUT2D eigenvalue weighted by Gasteiger charge is -2.14. The van der Waals surface area contributed by atoms with E-state index in [4.69, 9.17) is 11.5 Å². The maximum Gasteiger partial charge on any atom is 0.152 e. The molecule has 1 aromatic rings. The van der Waals surface area contributed by atoms with E-state index >= 15 is 0 Å². The number of nitrogens with zero attached hydrogens (tertiary/aromatic N) is 3. The molecular formula is C6H11N5. The van der Waals surface area contributed by atoms with E-state index in [-0.39, 0.29) is 0 Å². The van der Waals surface area contributed by atoms with Gasteiger partial charge in [0, 0.05) is 14.1 Å². The van der Waals surface area contributed by atoms with Crippen LogP contribution in [-0.4, -0.2) is 24.1 Å². The quantitative estimate of drug-likeness (QED) is 0.579. The van der Waals surface area contributed by atoms with Gasteiger partial charge in [-0.2, -0.15) is 0 Å². The molecule has 1 heterocycles. The zero-order valence-corrected chi connectivity index (χ0v) is 6.57. The van der Waals surface area contributed by atoms with Gasteiger partial charge in [0.2, 0.25) is 0 Å². The molecular weight excluding hydrogens is 142 g/mol. The standard InChI is InChI=1S/C6H11N5/c1-11(2)4-5(7)9-3-10-6(4)8/h3H,1-2H3,(H4,7,8,9,10). The summed E-state index contributed by atoms with van der Waals surface area (Å²) in [5.41, 5.74) is 11.8.